The highest BCUT2D eigenvalue weighted by molar-refractivity contribution is 6.29. The molecule has 0 aliphatic heterocycles. The molecule has 0 amide bonds. The first-order chi connectivity index (χ1) is 8.11. The maximum absolute atomic E-state index is 5.92. The highest BCUT2D eigenvalue weighted by atomic mass is 35.5. The number of halogens is 1. The minimum atomic E-state index is 0.308. The van der Waals surface area contributed by atoms with E-state index in [9.17, 15) is 0 Å². The van der Waals surface area contributed by atoms with E-state index in [4.69, 9.17) is 16.3 Å². The number of nitrogens with one attached hydrogen (secondary N) is 2. The van der Waals surface area contributed by atoms with Crippen molar-refractivity contribution < 1.29 is 4.74 Å². The van der Waals surface area contributed by atoms with Gasteiger partial charge in [0.05, 0.1) is 0 Å². The number of hydrogen-bond donors (Lipinski definition) is 2. The van der Waals surface area contributed by atoms with Crippen LogP contribution >= 0.6 is 11.6 Å². The molecule has 0 aliphatic carbocycles. The van der Waals surface area contributed by atoms with Gasteiger partial charge in [0, 0.05) is 32.4 Å². The number of rotatable bonds is 7. The standard InChI is InChI=1S/C11H19ClN4O/c1-8(2)14-10-7-9(12)15-11(16-10)13-5-4-6-17-3/h7-8H,4-6H2,1-3H3,(H2,13,14,15,16). The molecule has 0 spiro atoms. The third-order valence-corrected chi connectivity index (χ3v) is 2.13. The maximum Gasteiger partial charge on any atom is 0.226 e. The van der Waals surface area contributed by atoms with Gasteiger partial charge >= 0.3 is 0 Å². The first-order valence-electron chi connectivity index (χ1n) is 5.65. The summed E-state index contributed by atoms with van der Waals surface area (Å²) in [5.74, 6) is 1.27. The molecule has 0 fully saturated rings. The lowest BCUT2D eigenvalue weighted by molar-refractivity contribution is 0.197. The fraction of sp³-hybridized carbons (Fsp3) is 0.636. The van der Waals surface area contributed by atoms with Crippen LogP contribution in [0.4, 0.5) is 11.8 Å². The van der Waals surface area contributed by atoms with Crippen LogP contribution in [0.15, 0.2) is 6.07 Å². The Morgan fingerprint density at radius 1 is 1.41 bits per heavy atom. The van der Waals surface area contributed by atoms with Gasteiger partial charge in [-0.3, -0.25) is 0 Å². The summed E-state index contributed by atoms with van der Waals surface area (Å²) in [5.41, 5.74) is 0. The summed E-state index contributed by atoms with van der Waals surface area (Å²) < 4.78 is 4.96. The number of aromatic nitrogens is 2. The molecule has 1 aromatic rings. The third kappa shape index (κ3) is 5.70. The fourth-order valence-corrected chi connectivity index (χ4v) is 1.47. The molecule has 0 saturated carbocycles. The van der Waals surface area contributed by atoms with Crippen LogP contribution < -0.4 is 10.6 Å². The van der Waals surface area contributed by atoms with E-state index in [0.717, 1.165) is 18.8 Å². The van der Waals surface area contributed by atoms with Crippen molar-refractivity contribution in [2.45, 2.75) is 26.3 Å². The van der Waals surface area contributed by atoms with Crippen LogP contribution in [-0.2, 0) is 4.74 Å². The summed E-state index contributed by atoms with van der Waals surface area (Å²) in [7, 11) is 1.68. The molecular formula is C11H19ClN4O. The Kier molecular flexibility index (Phi) is 6.00. The first kappa shape index (κ1) is 14.0. The van der Waals surface area contributed by atoms with Crippen LogP contribution in [-0.4, -0.2) is 36.3 Å². The SMILES string of the molecule is COCCCNc1nc(Cl)cc(NC(C)C)n1. The van der Waals surface area contributed by atoms with E-state index in [0.29, 0.717) is 23.8 Å². The second-order valence-corrected chi connectivity index (χ2v) is 4.36. The summed E-state index contributed by atoms with van der Waals surface area (Å²) in [6.07, 6.45) is 0.902. The van der Waals surface area contributed by atoms with Gasteiger partial charge in [-0.15, -0.1) is 0 Å². The molecule has 1 heterocycles. The lowest BCUT2D eigenvalue weighted by Gasteiger charge is -2.11. The van der Waals surface area contributed by atoms with Crippen LogP contribution in [0.1, 0.15) is 20.3 Å². The van der Waals surface area contributed by atoms with Crippen molar-refractivity contribution >= 4 is 23.4 Å². The molecule has 96 valence electrons. The Hall–Kier alpha value is -1.07. The van der Waals surface area contributed by atoms with Crippen molar-refractivity contribution in [2.24, 2.45) is 0 Å². The Bertz CT molecular complexity index is 346. The van der Waals surface area contributed by atoms with E-state index in [1.807, 2.05) is 13.8 Å². The molecule has 2 N–H and O–H groups in total. The zero-order valence-corrected chi connectivity index (χ0v) is 11.2. The molecule has 1 aromatic heterocycles. The molecule has 0 aromatic carbocycles. The Morgan fingerprint density at radius 2 is 2.18 bits per heavy atom. The van der Waals surface area contributed by atoms with Gasteiger partial charge in [-0.05, 0) is 20.3 Å². The maximum atomic E-state index is 5.92. The lowest BCUT2D eigenvalue weighted by Crippen LogP contribution is -2.13. The Morgan fingerprint density at radius 3 is 2.82 bits per heavy atom. The van der Waals surface area contributed by atoms with E-state index in [1.165, 1.54) is 0 Å². The van der Waals surface area contributed by atoms with Crippen LogP contribution in [0, 0.1) is 0 Å². The van der Waals surface area contributed by atoms with E-state index < -0.39 is 0 Å². The predicted octanol–water partition coefficient (Wildman–Crippen LogP) is 2.40. The third-order valence-electron chi connectivity index (χ3n) is 1.94. The van der Waals surface area contributed by atoms with Crippen molar-refractivity contribution in [1.82, 2.24) is 9.97 Å². The normalized spacial score (nSPS) is 10.6. The van der Waals surface area contributed by atoms with Gasteiger partial charge in [-0.1, -0.05) is 11.6 Å². The summed E-state index contributed by atoms with van der Waals surface area (Å²) in [5, 5.41) is 6.72. The molecule has 0 saturated heterocycles. The molecule has 6 heteroatoms. The largest absolute Gasteiger partial charge is 0.385 e. The summed E-state index contributed by atoms with van der Waals surface area (Å²) in [6, 6.07) is 2.02. The van der Waals surface area contributed by atoms with Gasteiger partial charge in [-0.25, -0.2) is 4.98 Å². The van der Waals surface area contributed by atoms with Gasteiger partial charge in [0.2, 0.25) is 5.95 Å². The molecule has 0 bridgehead atoms. The first-order valence-corrected chi connectivity index (χ1v) is 6.03. The number of nitrogens with zero attached hydrogens (tertiary/aromatic N) is 2. The van der Waals surface area contributed by atoms with Crippen LogP contribution in [0.2, 0.25) is 5.15 Å². The zero-order valence-electron chi connectivity index (χ0n) is 10.5. The minimum Gasteiger partial charge on any atom is -0.385 e. The van der Waals surface area contributed by atoms with Crippen molar-refractivity contribution in [1.29, 1.82) is 0 Å². The molecule has 0 radical (unpaired) electrons. The second-order valence-electron chi connectivity index (χ2n) is 3.97. The smallest absolute Gasteiger partial charge is 0.226 e. The van der Waals surface area contributed by atoms with Crippen LogP contribution in [0.5, 0.6) is 0 Å². The molecule has 5 nitrogen and oxygen atoms in total. The highest BCUT2D eigenvalue weighted by Crippen LogP contribution is 2.14. The quantitative estimate of drug-likeness (QED) is 0.581. The second kappa shape index (κ2) is 7.29. The van der Waals surface area contributed by atoms with E-state index in [2.05, 4.69) is 20.6 Å². The number of methoxy groups -OCH3 is 1. The van der Waals surface area contributed by atoms with Crippen molar-refractivity contribution in [3.8, 4) is 0 Å². The average molecular weight is 259 g/mol. The van der Waals surface area contributed by atoms with Crippen molar-refractivity contribution in [2.75, 3.05) is 30.9 Å². The van der Waals surface area contributed by atoms with Crippen LogP contribution in [0.3, 0.4) is 0 Å². The molecule has 0 aliphatic rings. The van der Waals surface area contributed by atoms with Crippen LogP contribution in [0.25, 0.3) is 0 Å². The number of anilines is 2. The molecular weight excluding hydrogens is 240 g/mol. The van der Waals surface area contributed by atoms with Gasteiger partial charge in [0.25, 0.3) is 0 Å². The molecule has 17 heavy (non-hydrogen) atoms. The minimum absolute atomic E-state index is 0.308. The fourth-order valence-electron chi connectivity index (χ4n) is 1.28. The van der Waals surface area contributed by atoms with Gasteiger partial charge in [0.1, 0.15) is 11.0 Å². The average Bonchev–Trinajstić information content (AvgIpc) is 2.22. The molecule has 0 unspecified atom stereocenters. The van der Waals surface area contributed by atoms with Gasteiger partial charge in [-0.2, -0.15) is 4.98 Å². The molecule has 0 atom stereocenters. The highest BCUT2D eigenvalue weighted by Gasteiger charge is 2.03. The van der Waals surface area contributed by atoms with Crippen molar-refractivity contribution in [3.05, 3.63) is 11.2 Å². The summed E-state index contributed by atoms with van der Waals surface area (Å²) >= 11 is 5.92. The van der Waals surface area contributed by atoms with Gasteiger partial charge < -0.3 is 15.4 Å². The summed E-state index contributed by atoms with van der Waals surface area (Å²) in [6.45, 7) is 5.56. The molecule has 1 rings (SSSR count). The van der Waals surface area contributed by atoms with Crippen molar-refractivity contribution in [3.63, 3.8) is 0 Å². The van der Waals surface area contributed by atoms with E-state index in [-0.39, 0.29) is 0 Å². The lowest BCUT2D eigenvalue weighted by atomic mass is 10.4. The predicted molar refractivity (Wildman–Crippen MR) is 70.8 cm³/mol. The van der Waals surface area contributed by atoms with E-state index >= 15 is 0 Å². The Labute approximate surface area is 107 Å². The monoisotopic (exact) mass is 258 g/mol. The van der Waals surface area contributed by atoms with E-state index in [1.54, 1.807) is 13.2 Å². The van der Waals surface area contributed by atoms with Gasteiger partial charge in [0.15, 0.2) is 0 Å². The topological polar surface area (TPSA) is 59.1 Å². The summed E-state index contributed by atoms with van der Waals surface area (Å²) in [4.78, 5) is 8.41. The Balaban J connectivity index is 2.56. The number of hydrogen-bond acceptors (Lipinski definition) is 5. The number of ether oxygens (including phenoxy) is 1. The zero-order chi connectivity index (χ0) is 12.7.